The molecule has 3 N–H and O–H groups in total. The highest BCUT2D eigenvalue weighted by Crippen LogP contribution is 2.40. The smallest absolute Gasteiger partial charge is 0.335 e. The van der Waals surface area contributed by atoms with Crippen LogP contribution in [0.1, 0.15) is 36.5 Å². The Morgan fingerprint density at radius 3 is 2.54 bits per heavy atom. The number of sulfonamides is 1. The minimum atomic E-state index is -3.85. The van der Waals surface area contributed by atoms with Crippen molar-refractivity contribution in [1.82, 2.24) is 4.31 Å². The van der Waals surface area contributed by atoms with E-state index in [2.05, 4.69) is 0 Å². The molecule has 1 spiro atoms. The van der Waals surface area contributed by atoms with Crippen molar-refractivity contribution in [2.24, 2.45) is 0 Å². The Balaban J connectivity index is 1.79. The number of benzene rings is 1. The minimum absolute atomic E-state index is 0.0783. The summed E-state index contributed by atoms with van der Waals surface area (Å²) >= 11 is 0. The number of piperidine rings is 1. The summed E-state index contributed by atoms with van der Waals surface area (Å²) in [7, 11) is -3.85. The van der Waals surface area contributed by atoms with Crippen molar-refractivity contribution in [2.45, 2.75) is 48.4 Å². The summed E-state index contributed by atoms with van der Waals surface area (Å²) in [4.78, 5) is 11.0. The van der Waals surface area contributed by atoms with E-state index < -0.39 is 33.3 Å². The zero-order valence-corrected chi connectivity index (χ0v) is 15.3. The second-order valence-corrected chi connectivity index (χ2v) is 9.10. The summed E-state index contributed by atoms with van der Waals surface area (Å²) in [5.74, 6) is -1.19. The van der Waals surface area contributed by atoms with Gasteiger partial charge in [-0.3, -0.25) is 0 Å². The molecule has 3 rings (SSSR count). The number of ether oxygens (including phenoxy) is 1. The molecule has 26 heavy (non-hydrogen) atoms. The van der Waals surface area contributed by atoms with Crippen LogP contribution in [0.5, 0.6) is 0 Å². The Bertz CT molecular complexity index is 797. The average Bonchev–Trinajstić information content (AvgIpc) is 2.60. The van der Waals surface area contributed by atoms with Crippen molar-refractivity contribution in [1.29, 1.82) is 0 Å². The number of carboxylic acids is 1. The minimum Gasteiger partial charge on any atom is -0.478 e. The lowest BCUT2D eigenvalue weighted by molar-refractivity contribution is -0.243. The molecular formula is C17H23NO7S. The molecule has 0 aromatic heterocycles. The molecule has 0 radical (unpaired) electrons. The molecule has 144 valence electrons. The second-order valence-electron chi connectivity index (χ2n) is 7.16. The Hall–Kier alpha value is -1.52. The topological polar surface area (TPSA) is 124 Å². The summed E-state index contributed by atoms with van der Waals surface area (Å²) in [5.41, 5.74) is -2.33. The standard InChI is InChI=1S/C17H23NO7S/c1-16(22)7-10-25-17(15(16)21)5-8-18(9-6-17)26(23,24)13-4-2-3-12(11-13)14(19)20/h2-4,11,15,21-22H,5-10H2,1H3,(H,19,20)/t15-,16+/m0/s1. The van der Waals surface area contributed by atoms with Crippen LogP contribution < -0.4 is 0 Å². The van der Waals surface area contributed by atoms with E-state index in [0.717, 1.165) is 6.07 Å². The Morgan fingerprint density at radius 1 is 1.27 bits per heavy atom. The third-order valence-electron chi connectivity index (χ3n) is 5.37. The van der Waals surface area contributed by atoms with Crippen LogP contribution in [0.15, 0.2) is 29.2 Å². The first-order valence-corrected chi connectivity index (χ1v) is 9.90. The number of hydrogen-bond donors (Lipinski definition) is 3. The lowest BCUT2D eigenvalue weighted by Crippen LogP contribution is -2.64. The van der Waals surface area contributed by atoms with Crippen LogP contribution in [0.2, 0.25) is 0 Å². The van der Waals surface area contributed by atoms with Gasteiger partial charge in [0.2, 0.25) is 10.0 Å². The predicted octanol–water partition coefficient (Wildman–Crippen LogP) is 0.440. The van der Waals surface area contributed by atoms with E-state index >= 15 is 0 Å². The molecule has 9 heteroatoms. The van der Waals surface area contributed by atoms with Gasteiger partial charge in [-0.2, -0.15) is 4.31 Å². The van der Waals surface area contributed by atoms with Crippen molar-refractivity contribution in [3.63, 3.8) is 0 Å². The summed E-state index contributed by atoms with van der Waals surface area (Å²) in [5, 5.41) is 29.9. The van der Waals surface area contributed by atoms with E-state index in [1.54, 1.807) is 6.92 Å². The fourth-order valence-electron chi connectivity index (χ4n) is 3.70. The van der Waals surface area contributed by atoms with E-state index in [-0.39, 0.29) is 36.4 Å². The quantitative estimate of drug-likeness (QED) is 0.689. The number of aliphatic hydroxyl groups is 2. The second kappa shape index (κ2) is 6.58. The highest BCUT2D eigenvalue weighted by molar-refractivity contribution is 7.89. The van der Waals surface area contributed by atoms with Crippen molar-refractivity contribution in [3.05, 3.63) is 29.8 Å². The number of hydrogen-bond acceptors (Lipinski definition) is 6. The van der Waals surface area contributed by atoms with Crippen molar-refractivity contribution >= 4 is 16.0 Å². The number of carbonyl (C=O) groups is 1. The molecule has 0 unspecified atom stereocenters. The maximum absolute atomic E-state index is 12.8. The molecule has 8 nitrogen and oxygen atoms in total. The van der Waals surface area contributed by atoms with E-state index in [1.165, 1.54) is 22.5 Å². The third-order valence-corrected chi connectivity index (χ3v) is 7.27. The molecule has 0 saturated carbocycles. The zero-order valence-electron chi connectivity index (χ0n) is 14.5. The average molecular weight is 385 g/mol. The van der Waals surface area contributed by atoms with Gasteiger partial charge in [-0.25, -0.2) is 13.2 Å². The van der Waals surface area contributed by atoms with Crippen LogP contribution in [-0.2, 0) is 14.8 Å². The molecule has 2 atom stereocenters. The number of aliphatic hydroxyl groups excluding tert-OH is 1. The monoisotopic (exact) mass is 385 g/mol. The van der Waals surface area contributed by atoms with Crippen molar-refractivity contribution in [2.75, 3.05) is 19.7 Å². The van der Waals surface area contributed by atoms with Crippen LogP contribution in [-0.4, -0.2) is 71.0 Å². The fraction of sp³-hybridized carbons (Fsp3) is 0.588. The first-order chi connectivity index (χ1) is 12.1. The molecule has 1 aromatic rings. The number of nitrogens with zero attached hydrogens (tertiary/aromatic N) is 1. The van der Waals surface area contributed by atoms with E-state index in [4.69, 9.17) is 9.84 Å². The largest absolute Gasteiger partial charge is 0.478 e. The summed E-state index contributed by atoms with van der Waals surface area (Å²) < 4.78 is 32.7. The summed E-state index contributed by atoms with van der Waals surface area (Å²) in [6.45, 7) is 2.10. The maximum Gasteiger partial charge on any atom is 0.335 e. The van der Waals surface area contributed by atoms with Crippen LogP contribution in [0.4, 0.5) is 0 Å². The molecule has 2 aliphatic heterocycles. The van der Waals surface area contributed by atoms with Gasteiger partial charge in [-0.15, -0.1) is 0 Å². The van der Waals surface area contributed by atoms with Crippen molar-refractivity contribution in [3.8, 4) is 0 Å². The summed E-state index contributed by atoms with van der Waals surface area (Å²) in [6.07, 6.45) is -0.270. The van der Waals surface area contributed by atoms with E-state index in [1.807, 2.05) is 0 Å². The molecule has 2 heterocycles. The van der Waals surface area contributed by atoms with Crippen LogP contribution in [0.25, 0.3) is 0 Å². The first kappa shape index (κ1) is 19.2. The molecule has 0 amide bonds. The van der Waals surface area contributed by atoms with Gasteiger partial charge in [0.1, 0.15) is 6.10 Å². The van der Waals surface area contributed by atoms with Gasteiger partial charge < -0.3 is 20.1 Å². The first-order valence-electron chi connectivity index (χ1n) is 8.46. The molecule has 0 bridgehead atoms. The SMILES string of the molecule is C[C@@]1(O)CCOC2(CCN(S(=O)(=O)c3cccc(C(=O)O)c3)CC2)[C@H]1O. The van der Waals surface area contributed by atoms with Crippen LogP contribution in [0.3, 0.4) is 0 Å². The molecule has 1 aromatic carbocycles. The Kier molecular flexibility index (Phi) is 4.87. The van der Waals surface area contributed by atoms with Gasteiger partial charge in [0.05, 0.1) is 28.3 Å². The normalized spacial score (nSPS) is 29.6. The van der Waals surface area contributed by atoms with Gasteiger partial charge in [-0.05, 0) is 38.0 Å². The van der Waals surface area contributed by atoms with Gasteiger partial charge in [-0.1, -0.05) is 6.07 Å². The van der Waals surface area contributed by atoms with Crippen molar-refractivity contribution < 1.29 is 33.3 Å². The fourth-order valence-corrected chi connectivity index (χ4v) is 5.19. The molecule has 2 saturated heterocycles. The lowest BCUT2D eigenvalue weighted by Gasteiger charge is -2.51. The predicted molar refractivity (Wildman–Crippen MR) is 91.3 cm³/mol. The number of aromatic carboxylic acids is 1. The van der Waals surface area contributed by atoms with Gasteiger partial charge in [0, 0.05) is 19.5 Å². The number of carboxylic acid groups (broad SMARTS) is 1. The maximum atomic E-state index is 12.8. The number of rotatable bonds is 3. The molecule has 2 fully saturated rings. The third kappa shape index (κ3) is 3.25. The molecular weight excluding hydrogens is 362 g/mol. The Labute approximate surface area is 152 Å². The van der Waals surface area contributed by atoms with E-state index in [9.17, 15) is 23.4 Å². The summed E-state index contributed by atoms with van der Waals surface area (Å²) in [6, 6.07) is 5.23. The van der Waals surface area contributed by atoms with Gasteiger partial charge in [0.25, 0.3) is 0 Å². The van der Waals surface area contributed by atoms with Crippen LogP contribution in [0, 0.1) is 0 Å². The molecule has 0 aliphatic carbocycles. The van der Waals surface area contributed by atoms with Gasteiger partial charge in [0.15, 0.2) is 0 Å². The highest BCUT2D eigenvalue weighted by atomic mass is 32.2. The lowest BCUT2D eigenvalue weighted by atomic mass is 9.75. The highest BCUT2D eigenvalue weighted by Gasteiger charge is 2.53. The molecule has 2 aliphatic rings. The van der Waals surface area contributed by atoms with E-state index in [0.29, 0.717) is 13.0 Å². The van der Waals surface area contributed by atoms with Crippen LogP contribution >= 0.6 is 0 Å². The van der Waals surface area contributed by atoms with Gasteiger partial charge >= 0.3 is 5.97 Å². The zero-order chi connectivity index (χ0) is 19.2. The Morgan fingerprint density at radius 2 is 1.92 bits per heavy atom.